The maximum absolute atomic E-state index is 6.36. The lowest BCUT2D eigenvalue weighted by atomic mass is 10.3. The topological polar surface area (TPSA) is 50.7 Å². The SMILES string of the molecule is Cc1nc2ccc(Nc3ncccn3)c(Cl)c2s1. The fourth-order valence-electron chi connectivity index (χ4n) is 1.65. The third-order valence-electron chi connectivity index (χ3n) is 2.42. The number of anilines is 2. The van der Waals surface area contributed by atoms with Crippen LogP contribution in [0.1, 0.15) is 5.01 Å². The van der Waals surface area contributed by atoms with Crippen molar-refractivity contribution in [2.75, 3.05) is 5.32 Å². The molecule has 0 saturated heterocycles. The van der Waals surface area contributed by atoms with E-state index in [1.165, 1.54) is 0 Å². The minimum Gasteiger partial charge on any atom is -0.323 e. The van der Waals surface area contributed by atoms with Crippen molar-refractivity contribution in [2.45, 2.75) is 6.92 Å². The standard InChI is InChI=1S/C12H9ClN4S/c1-7-16-9-4-3-8(10(13)11(9)18-7)17-12-14-5-2-6-15-12/h2-6H,1H3,(H,14,15,17). The van der Waals surface area contributed by atoms with E-state index in [4.69, 9.17) is 11.6 Å². The van der Waals surface area contributed by atoms with Gasteiger partial charge in [-0.3, -0.25) is 0 Å². The third kappa shape index (κ3) is 2.02. The van der Waals surface area contributed by atoms with Gasteiger partial charge in [0.25, 0.3) is 0 Å². The molecule has 0 aliphatic carbocycles. The van der Waals surface area contributed by atoms with Gasteiger partial charge in [-0.1, -0.05) is 11.6 Å². The molecule has 0 atom stereocenters. The summed E-state index contributed by atoms with van der Waals surface area (Å²) in [6, 6.07) is 5.60. The van der Waals surface area contributed by atoms with E-state index in [0.29, 0.717) is 11.0 Å². The lowest BCUT2D eigenvalue weighted by molar-refractivity contribution is 1.17. The van der Waals surface area contributed by atoms with Crippen molar-refractivity contribution in [3.05, 3.63) is 40.6 Å². The van der Waals surface area contributed by atoms with Crippen molar-refractivity contribution in [3.63, 3.8) is 0 Å². The molecule has 18 heavy (non-hydrogen) atoms. The first kappa shape index (κ1) is 11.4. The molecule has 0 spiro atoms. The number of benzene rings is 1. The summed E-state index contributed by atoms with van der Waals surface area (Å²) in [6.45, 7) is 1.97. The number of rotatable bonds is 2. The summed E-state index contributed by atoms with van der Waals surface area (Å²) in [7, 11) is 0. The molecule has 1 aromatic carbocycles. The Labute approximate surface area is 113 Å². The number of aryl methyl sites for hydroxylation is 1. The number of thiazole rings is 1. The summed E-state index contributed by atoms with van der Waals surface area (Å²) in [5.74, 6) is 0.528. The van der Waals surface area contributed by atoms with Crippen LogP contribution >= 0.6 is 22.9 Å². The molecule has 2 heterocycles. The average molecular weight is 277 g/mol. The first-order valence-electron chi connectivity index (χ1n) is 5.34. The molecule has 3 aromatic rings. The highest BCUT2D eigenvalue weighted by Crippen LogP contribution is 2.35. The van der Waals surface area contributed by atoms with Gasteiger partial charge in [-0.05, 0) is 25.1 Å². The summed E-state index contributed by atoms with van der Waals surface area (Å²) in [6.07, 6.45) is 3.36. The molecular formula is C12H9ClN4S. The Balaban J connectivity index is 2.05. The Kier molecular flexibility index (Phi) is 2.85. The van der Waals surface area contributed by atoms with E-state index in [0.717, 1.165) is 20.9 Å². The van der Waals surface area contributed by atoms with Gasteiger partial charge in [-0.15, -0.1) is 11.3 Å². The van der Waals surface area contributed by atoms with Crippen molar-refractivity contribution < 1.29 is 0 Å². The van der Waals surface area contributed by atoms with E-state index in [1.54, 1.807) is 29.8 Å². The predicted molar refractivity (Wildman–Crippen MR) is 74.7 cm³/mol. The van der Waals surface area contributed by atoms with Gasteiger partial charge >= 0.3 is 0 Å². The molecule has 0 aliphatic rings. The van der Waals surface area contributed by atoms with E-state index in [1.807, 2.05) is 19.1 Å². The number of fused-ring (bicyclic) bond motifs is 1. The zero-order chi connectivity index (χ0) is 12.5. The fourth-order valence-corrected chi connectivity index (χ4v) is 2.83. The monoisotopic (exact) mass is 276 g/mol. The van der Waals surface area contributed by atoms with Crippen LogP contribution in [-0.4, -0.2) is 15.0 Å². The van der Waals surface area contributed by atoms with Gasteiger partial charge in [-0.25, -0.2) is 15.0 Å². The minimum atomic E-state index is 0.528. The maximum Gasteiger partial charge on any atom is 0.227 e. The second-order valence-electron chi connectivity index (χ2n) is 3.71. The Hall–Kier alpha value is -1.72. The largest absolute Gasteiger partial charge is 0.323 e. The van der Waals surface area contributed by atoms with Gasteiger partial charge in [0.05, 0.1) is 25.9 Å². The predicted octanol–water partition coefficient (Wildman–Crippen LogP) is 3.79. The van der Waals surface area contributed by atoms with Crippen LogP contribution in [0.2, 0.25) is 5.02 Å². The summed E-state index contributed by atoms with van der Waals surface area (Å²) < 4.78 is 0.982. The van der Waals surface area contributed by atoms with Crippen LogP contribution in [0.25, 0.3) is 10.2 Å². The van der Waals surface area contributed by atoms with Crippen molar-refractivity contribution in [2.24, 2.45) is 0 Å². The number of hydrogen-bond acceptors (Lipinski definition) is 5. The number of hydrogen-bond donors (Lipinski definition) is 1. The highest BCUT2D eigenvalue weighted by molar-refractivity contribution is 7.19. The van der Waals surface area contributed by atoms with Gasteiger partial charge in [0.2, 0.25) is 5.95 Å². The molecule has 0 aliphatic heterocycles. The van der Waals surface area contributed by atoms with Crippen molar-refractivity contribution in [3.8, 4) is 0 Å². The van der Waals surface area contributed by atoms with E-state index >= 15 is 0 Å². The Bertz CT molecular complexity index is 696. The van der Waals surface area contributed by atoms with Crippen molar-refractivity contribution in [1.82, 2.24) is 15.0 Å². The van der Waals surface area contributed by atoms with Gasteiger partial charge < -0.3 is 5.32 Å². The van der Waals surface area contributed by atoms with E-state index < -0.39 is 0 Å². The van der Waals surface area contributed by atoms with E-state index in [2.05, 4.69) is 20.3 Å². The van der Waals surface area contributed by atoms with Crippen LogP contribution in [0.5, 0.6) is 0 Å². The Morgan fingerprint density at radius 1 is 1.22 bits per heavy atom. The zero-order valence-corrected chi connectivity index (χ0v) is 11.1. The van der Waals surface area contributed by atoms with Crippen LogP contribution in [0.15, 0.2) is 30.6 Å². The molecule has 0 unspecified atom stereocenters. The van der Waals surface area contributed by atoms with Crippen LogP contribution in [0.4, 0.5) is 11.6 Å². The highest BCUT2D eigenvalue weighted by atomic mass is 35.5. The summed E-state index contributed by atoms with van der Waals surface area (Å²) in [5.41, 5.74) is 1.71. The smallest absolute Gasteiger partial charge is 0.227 e. The van der Waals surface area contributed by atoms with Gasteiger partial charge in [0.15, 0.2) is 0 Å². The second kappa shape index (κ2) is 4.51. The zero-order valence-electron chi connectivity index (χ0n) is 9.51. The normalized spacial score (nSPS) is 10.8. The molecule has 0 bridgehead atoms. The maximum atomic E-state index is 6.36. The van der Waals surface area contributed by atoms with E-state index in [-0.39, 0.29) is 0 Å². The molecule has 6 heteroatoms. The Morgan fingerprint density at radius 2 is 2.00 bits per heavy atom. The van der Waals surface area contributed by atoms with Gasteiger partial charge in [0.1, 0.15) is 0 Å². The van der Waals surface area contributed by atoms with Gasteiger partial charge in [0, 0.05) is 12.4 Å². The van der Waals surface area contributed by atoms with Gasteiger partial charge in [-0.2, -0.15) is 0 Å². The highest BCUT2D eigenvalue weighted by Gasteiger charge is 2.10. The van der Waals surface area contributed by atoms with Crippen LogP contribution < -0.4 is 5.32 Å². The third-order valence-corrected chi connectivity index (χ3v) is 3.92. The fraction of sp³-hybridized carbons (Fsp3) is 0.0833. The van der Waals surface area contributed by atoms with Crippen LogP contribution in [-0.2, 0) is 0 Å². The minimum absolute atomic E-state index is 0.528. The molecule has 1 N–H and O–H groups in total. The number of halogens is 1. The second-order valence-corrected chi connectivity index (χ2v) is 5.29. The molecule has 0 saturated carbocycles. The number of nitrogens with one attached hydrogen (secondary N) is 1. The average Bonchev–Trinajstić information content (AvgIpc) is 2.76. The number of aromatic nitrogens is 3. The molecular weight excluding hydrogens is 268 g/mol. The van der Waals surface area contributed by atoms with Crippen molar-refractivity contribution in [1.29, 1.82) is 0 Å². The van der Waals surface area contributed by atoms with Crippen LogP contribution in [0, 0.1) is 6.92 Å². The molecule has 90 valence electrons. The lowest BCUT2D eigenvalue weighted by Gasteiger charge is -2.06. The van der Waals surface area contributed by atoms with Crippen LogP contribution in [0.3, 0.4) is 0 Å². The first-order valence-corrected chi connectivity index (χ1v) is 6.53. The molecule has 0 radical (unpaired) electrons. The first-order chi connectivity index (χ1) is 8.74. The summed E-state index contributed by atoms with van der Waals surface area (Å²) >= 11 is 7.94. The number of nitrogens with zero attached hydrogens (tertiary/aromatic N) is 3. The summed E-state index contributed by atoms with van der Waals surface area (Å²) in [4.78, 5) is 12.6. The van der Waals surface area contributed by atoms with E-state index in [9.17, 15) is 0 Å². The molecule has 0 fully saturated rings. The van der Waals surface area contributed by atoms with Crippen molar-refractivity contribution >= 4 is 44.8 Å². The molecule has 0 amide bonds. The summed E-state index contributed by atoms with van der Waals surface area (Å²) in [5, 5.41) is 4.76. The quantitative estimate of drug-likeness (QED) is 0.774. The Morgan fingerprint density at radius 3 is 2.78 bits per heavy atom. The molecule has 3 rings (SSSR count). The molecule has 2 aromatic heterocycles. The molecule has 4 nitrogen and oxygen atoms in total. The lowest BCUT2D eigenvalue weighted by Crippen LogP contribution is -1.96.